The highest BCUT2D eigenvalue weighted by Crippen LogP contribution is 2.26. The predicted octanol–water partition coefficient (Wildman–Crippen LogP) is 4.86. The van der Waals surface area contributed by atoms with Crippen LogP contribution in [0, 0.1) is 0 Å². The molecule has 0 aliphatic rings. The molecule has 2 aromatic carbocycles. The molecule has 0 bridgehead atoms. The lowest BCUT2D eigenvalue weighted by atomic mass is 10.2. The summed E-state index contributed by atoms with van der Waals surface area (Å²) in [4.78, 5) is 0. The van der Waals surface area contributed by atoms with E-state index < -0.39 is 0 Å². The van der Waals surface area contributed by atoms with Gasteiger partial charge in [0.05, 0.1) is 17.7 Å². The molecule has 0 saturated heterocycles. The van der Waals surface area contributed by atoms with Gasteiger partial charge in [-0.2, -0.15) is 0 Å². The van der Waals surface area contributed by atoms with Gasteiger partial charge in [0.2, 0.25) is 0 Å². The zero-order chi connectivity index (χ0) is 15.2. The van der Waals surface area contributed by atoms with Crippen molar-refractivity contribution in [2.24, 2.45) is 0 Å². The van der Waals surface area contributed by atoms with Crippen molar-refractivity contribution >= 4 is 21.6 Å². The van der Waals surface area contributed by atoms with Gasteiger partial charge in [-0.1, -0.05) is 6.07 Å². The van der Waals surface area contributed by atoms with Crippen LogP contribution in [-0.4, -0.2) is 13.2 Å². The number of rotatable bonds is 6. The Kier molecular flexibility index (Phi) is 5.51. The number of methoxy groups -OCH3 is 1. The van der Waals surface area contributed by atoms with Crippen LogP contribution in [0.3, 0.4) is 0 Å². The highest BCUT2D eigenvalue weighted by molar-refractivity contribution is 9.10. The summed E-state index contributed by atoms with van der Waals surface area (Å²) in [5.41, 5.74) is 2.25. The molecule has 3 nitrogen and oxygen atoms in total. The Morgan fingerprint density at radius 1 is 1.10 bits per heavy atom. The third-order valence-corrected chi connectivity index (χ3v) is 3.56. The normalized spacial score (nSPS) is 10.5. The van der Waals surface area contributed by atoms with Gasteiger partial charge in [-0.25, -0.2) is 0 Å². The molecule has 0 fully saturated rings. The van der Waals surface area contributed by atoms with Crippen molar-refractivity contribution in [1.82, 2.24) is 0 Å². The molecule has 1 N–H and O–H groups in total. The van der Waals surface area contributed by atoms with Gasteiger partial charge < -0.3 is 14.8 Å². The highest BCUT2D eigenvalue weighted by atomic mass is 79.9. The molecule has 0 radical (unpaired) electrons. The van der Waals surface area contributed by atoms with Crippen LogP contribution in [-0.2, 0) is 6.54 Å². The molecule has 0 saturated carbocycles. The van der Waals surface area contributed by atoms with Crippen molar-refractivity contribution in [2.45, 2.75) is 26.5 Å². The third-order valence-electron chi connectivity index (χ3n) is 2.94. The van der Waals surface area contributed by atoms with Crippen molar-refractivity contribution in [2.75, 3.05) is 12.4 Å². The van der Waals surface area contributed by atoms with Gasteiger partial charge in [0.25, 0.3) is 0 Å². The van der Waals surface area contributed by atoms with E-state index in [2.05, 4.69) is 27.3 Å². The Morgan fingerprint density at radius 2 is 1.81 bits per heavy atom. The third kappa shape index (κ3) is 4.67. The second-order valence-electron chi connectivity index (χ2n) is 5.01. The molecular weight excluding hydrogens is 330 g/mol. The molecule has 0 aliphatic heterocycles. The molecule has 0 atom stereocenters. The maximum absolute atomic E-state index is 5.63. The zero-order valence-corrected chi connectivity index (χ0v) is 14.1. The zero-order valence-electron chi connectivity index (χ0n) is 12.5. The van der Waals surface area contributed by atoms with Crippen molar-refractivity contribution in [3.63, 3.8) is 0 Å². The standard InChI is InChI=1S/C17H20BrNO2/c1-12(2)21-15-7-5-14(6-8-15)19-11-13-4-9-17(20-3)16(18)10-13/h4-10,12,19H,11H2,1-3H3. The maximum Gasteiger partial charge on any atom is 0.133 e. The van der Waals surface area contributed by atoms with E-state index in [4.69, 9.17) is 9.47 Å². The van der Waals surface area contributed by atoms with Crippen LogP contribution in [0.1, 0.15) is 19.4 Å². The maximum atomic E-state index is 5.63. The van der Waals surface area contributed by atoms with E-state index in [1.54, 1.807) is 7.11 Å². The van der Waals surface area contributed by atoms with Crippen molar-refractivity contribution < 1.29 is 9.47 Å². The summed E-state index contributed by atoms with van der Waals surface area (Å²) in [5.74, 6) is 1.73. The average molecular weight is 350 g/mol. The Balaban J connectivity index is 1.95. The molecule has 21 heavy (non-hydrogen) atoms. The second kappa shape index (κ2) is 7.36. The summed E-state index contributed by atoms with van der Waals surface area (Å²) in [5, 5.41) is 3.39. The fraction of sp³-hybridized carbons (Fsp3) is 0.294. The Hall–Kier alpha value is -1.68. The Bertz CT molecular complexity index is 582. The SMILES string of the molecule is COc1ccc(CNc2ccc(OC(C)C)cc2)cc1Br. The monoisotopic (exact) mass is 349 g/mol. The summed E-state index contributed by atoms with van der Waals surface area (Å²) in [6.45, 7) is 4.80. The molecule has 2 rings (SSSR count). The minimum atomic E-state index is 0.195. The van der Waals surface area contributed by atoms with E-state index in [9.17, 15) is 0 Å². The van der Waals surface area contributed by atoms with Crippen molar-refractivity contribution in [1.29, 1.82) is 0 Å². The molecule has 0 aliphatic carbocycles. The van der Waals surface area contributed by atoms with E-state index >= 15 is 0 Å². The van der Waals surface area contributed by atoms with Crippen LogP contribution in [0.2, 0.25) is 0 Å². The van der Waals surface area contributed by atoms with Gasteiger partial charge in [-0.05, 0) is 71.7 Å². The first kappa shape index (κ1) is 15.7. The minimum absolute atomic E-state index is 0.195. The van der Waals surface area contributed by atoms with Crippen LogP contribution in [0.5, 0.6) is 11.5 Å². The molecular formula is C17H20BrNO2. The fourth-order valence-corrected chi connectivity index (χ4v) is 2.54. The molecule has 0 aromatic heterocycles. The minimum Gasteiger partial charge on any atom is -0.496 e. The Morgan fingerprint density at radius 3 is 2.38 bits per heavy atom. The van der Waals surface area contributed by atoms with Gasteiger partial charge in [0, 0.05) is 12.2 Å². The van der Waals surface area contributed by atoms with E-state index in [-0.39, 0.29) is 6.10 Å². The number of hydrogen-bond acceptors (Lipinski definition) is 3. The first-order valence-electron chi connectivity index (χ1n) is 6.91. The number of ether oxygens (including phenoxy) is 2. The number of halogens is 1. The van der Waals surface area contributed by atoms with Crippen LogP contribution < -0.4 is 14.8 Å². The number of hydrogen-bond donors (Lipinski definition) is 1. The largest absolute Gasteiger partial charge is 0.496 e. The predicted molar refractivity (Wildman–Crippen MR) is 90.2 cm³/mol. The molecule has 0 amide bonds. The summed E-state index contributed by atoms with van der Waals surface area (Å²) in [6.07, 6.45) is 0.195. The second-order valence-corrected chi connectivity index (χ2v) is 5.87. The molecule has 0 heterocycles. The molecule has 0 unspecified atom stereocenters. The van der Waals surface area contributed by atoms with Crippen molar-refractivity contribution in [3.05, 3.63) is 52.5 Å². The van der Waals surface area contributed by atoms with Gasteiger partial charge in [-0.15, -0.1) is 0 Å². The van der Waals surface area contributed by atoms with E-state index in [0.29, 0.717) is 0 Å². The number of benzene rings is 2. The topological polar surface area (TPSA) is 30.5 Å². The smallest absolute Gasteiger partial charge is 0.133 e. The summed E-state index contributed by atoms with van der Waals surface area (Å²) < 4.78 is 11.8. The summed E-state index contributed by atoms with van der Waals surface area (Å²) >= 11 is 3.50. The van der Waals surface area contributed by atoms with Crippen LogP contribution in [0.4, 0.5) is 5.69 Å². The number of anilines is 1. The molecule has 2 aromatic rings. The lowest BCUT2D eigenvalue weighted by molar-refractivity contribution is 0.242. The van der Waals surface area contributed by atoms with Crippen LogP contribution in [0.15, 0.2) is 46.9 Å². The first-order chi connectivity index (χ1) is 10.1. The molecule has 0 spiro atoms. The van der Waals surface area contributed by atoms with Crippen molar-refractivity contribution in [3.8, 4) is 11.5 Å². The lowest BCUT2D eigenvalue weighted by Crippen LogP contribution is -2.05. The average Bonchev–Trinajstić information content (AvgIpc) is 2.46. The summed E-state index contributed by atoms with van der Waals surface area (Å²) in [7, 11) is 1.67. The van der Waals surface area contributed by atoms with Crippen LogP contribution >= 0.6 is 15.9 Å². The van der Waals surface area contributed by atoms with E-state index in [1.807, 2.05) is 50.2 Å². The fourth-order valence-electron chi connectivity index (χ4n) is 1.95. The molecule has 112 valence electrons. The van der Waals surface area contributed by atoms with Gasteiger partial charge in [-0.3, -0.25) is 0 Å². The van der Waals surface area contributed by atoms with Crippen LogP contribution in [0.25, 0.3) is 0 Å². The molecule has 4 heteroatoms. The number of nitrogens with one attached hydrogen (secondary N) is 1. The quantitative estimate of drug-likeness (QED) is 0.807. The van der Waals surface area contributed by atoms with Gasteiger partial charge in [0.15, 0.2) is 0 Å². The Labute approximate surface area is 134 Å². The summed E-state index contributed by atoms with van der Waals surface area (Å²) in [6, 6.07) is 14.1. The van der Waals surface area contributed by atoms with Gasteiger partial charge >= 0.3 is 0 Å². The first-order valence-corrected chi connectivity index (χ1v) is 7.71. The van der Waals surface area contributed by atoms with Gasteiger partial charge in [0.1, 0.15) is 11.5 Å². The van der Waals surface area contributed by atoms with E-state index in [1.165, 1.54) is 5.56 Å². The highest BCUT2D eigenvalue weighted by Gasteiger charge is 2.02. The van der Waals surface area contributed by atoms with E-state index in [0.717, 1.165) is 28.2 Å². The lowest BCUT2D eigenvalue weighted by Gasteiger charge is -2.11.